The third-order valence-corrected chi connectivity index (χ3v) is 4.65. The average Bonchev–Trinajstić information content (AvgIpc) is 3.08. The Morgan fingerprint density at radius 3 is 3.00 bits per heavy atom. The monoisotopic (exact) mass is 291 g/mol. The lowest BCUT2D eigenvalue weighted by molar-refractivity contribution is 0.145. The normalized spacial score (nSPS) is 24.9. The summed E-state index contributed by atoms with van der Waals surface area (Å²) in [5.41, 5.74) is 1.26. The van der Waals surface area contributed by atoms with Gasteiger partial charge in [-0.2, -0.15) is 0 Å². The fraction of sp³-hybridized carbons (Fsp3) is 0.647. The summed E-state index contributed by atoms with van der Waals surface area (Å²) < 4.78 is 16.8. The summed E-state index contributed by atoms with van der Waals surface area (Å²) in [5.74, 6) is 2.41. The second-order valence-corrected chi connectivity index (χ2v) is 6.03. The summed E-state index contributed by atoms with van der Waals surface area (Å²) in [5, 5.41) is 0. The van der Waals surface area contributed by atoms with Crippen molar-refractivity contribution in [2.24, 2.45) is 0 Å². The summed E-state index contributed by atoms with van der Waals surface area (Å²) >= 11 is 0. The van der Waals surface area contributed by atoms with Crippen molar-refractivity contribution in [1.82, 2.24) is 4.90 Å². The molecule has 21 heavy (non-hydrogen) atoms. The number of rotatable bonds is 6. The highest BCUT2D eigenvalue weighted by Crippen LogP contribution is 2.43. The van der Waals surface area contributed by atoms with Crippen molar-refractivity contribution in [3.05, 3.63) is 23.8 Å². The fourth-order valence-electron chi connectivity index (χ4n) is 3.48. The van der Waals surface area contributed by atoms with Gasteiger partial charge in [-0.05, 0) is 45.0 Å². The van der Waals surface area contributed by atoms with E-state index >= 15 is 0 Å². The van der Waals surface area contributed by atoms with Crippen LogP contribution in [0, 0.1) is 0 Å². The van der Waals surface area contributed by atoms with Gasteiger partial charge in [-0.15, -0.1) is 0 Å². The van der Waals surface area contributed by atoms with E-state index in [2.05, 4.69) is 24.1 Å². The first-order chi connectivity index (χ1) is 10.3. The standard InChI is InChI=1S/C17H25NO3/c1-18-8-4-5-14(18)11-13-12-21-16-7-3-6-15(17(13)16)20-10-9-19-2/h3,6-7,13-14H,4-5,8-12H2,1-2H3/t13-,14+/m0/s1. The van der Waals surface area contributed by atoms with Crippen LogP contribution in [0.4, 0.5) is 0 Å². The highest BCUT2D eigenvalue weighted by atomic mass is 16.5. The predicted molar refractivity (Wildman–Crippen MR) is 82.3 cm³/mol. The van der Waals surface area contributed by atoms with Crippen molar-refractivity contribution in [2.45, 2.75) is 31.2 Å². The molecule has 0 N–H and O–H groups in total. The summed E-state index contributed by atoms with van der Waals surface area (Å²) in [6.45, 7) is 3.20. The van der Waals surface area contributed by atoms with Gasteiger partial charge in [0.1, 0.15) is 18.1 Å². The number of methoxy groups -OCH3 is 1. The minimum absolute atomic E-state index is 0.448. The number of fused-ring (bicyclic) bond motifs is 1. The molecule has 4 nitrogen and oxygen atoms in total. The zero-order chi connectivity index (χ0) is 14.7. The smallest absolute Gasteiger partial charge is 0.126 e. The second-order valence-electron chi connectivity index (χ2n) is 6.03. The van der Waals surface area contributed by atoms with E-state index in [4.69, 9.17) is 14.2 Å². The Morgan fingerprint density at radius 1 is 1.33 bits per heavy atom. The average molecular weight is 291 g/mol. The maximum absolute atomic E-state index is 5.89. The largest absolute Gasteiger partial charge is 0.493 e. The molecule has 0 bridgehead atoms. The van der Waals surface area contributed by atoms with Crippen molar-refractivity contribution in [3.8, 4) is 11.5 Å². The molecule has 3 rings (SSSR count). The Balaban J connectivity index is 1.73. The number of hydrogen-bond acceptors (Lipinski definition) is 4. The molecule has 0 spiro atoms. The molecule has 0 saturated carbocycles. The van der Waals surface area contributed by atoms with Gasteiger partial charge in [-0.25, -0.2) is 0 Å². The SMILES string of the molecule is COCCOc1cccc2c1[C@@H](C[C@H]1CCCN1C)CO2. The van der Waals surface area contributed by atoms with Gasteiger partial charge < -0.3 is 19.1 Å². The minimum Gasteiger partial charge on any atom is -0.493 e. The number of ether oxygens (including phenoxy) is 3. The van der Waals surface area contributed by atoms with Crippen LogP contribution in [0.1, 0.15) is 30.7 Å². The van der Waals surface area contributed by atoms with Gasteiger partial charge in [0.05, 0.1) is 13.2 Å². The van der Waals surface area contributed by atoms with Crippen molar-refractivity contribution in [1.29, 1.82) is 0 Å². The summed E-state index contributed by atoms with van der Waals surface area (Å²) in [6.07, 6.45) is 3.77. The Hall–Kier alpha value is -1.26. The van der Waals surface area contributed by atoms with Crippen LogP contribution in [0.25, 0.3) is 0 Å². The molecule has 0 radical (unpaired) electrons. The molecule has 2 heterocycles. The Bertz CT molecular complexity index is 477. The van der Waals surface area contributed by atoms with E-state index in [0.29, 0.717) is 25.2 Å². The van der Waals surface area contributed by atoms with Gasteiger partial charge in [0.2, 0.25) is 0 Å². The molecule has 2 aliphatic rings. The lowest BCUT2D eigenvalue weighted by atomic mass is 9.92. The first-order valence-electron chi connectivity index (χ1n) is 7.87. The zero-order valence-corrected chi connectivity index (χ0v) is 13.0. The van der Waals surface area contributed by atoms with Crippen LogP contribution in [0.3, 0.4) is 0 Å². The van der Waals surface area contributed by atoms with Gasteiger partial charge in [-0.1, -0.05) is 6.07 Å². The van der Waals surface area contributed by atoms with Crippen molar-refractivity contribution in [3.63, 3.8) is 0 Å². The van der Waals surface area contributed by atoms with E-state index in [1.54, 1.807) is 7.11 Å². The minimum atomic E-state index is 0.448. The van der Waals surface area contributed by atoms with Crippen molar-refractivity contribution < 1.29 is 14.2 Å². The van der Waals surface area contributed by atoms with Crippen LogP contribution in [-0.4, -0.2) is 51.5 Å². The molecule has 0 amide bonds. The molecule has 0 aromatic heterocycles. The number of likely N-dealkylation sites (tertiary alicyclic amines) is 1. The van der Waals surface area contributed by atoms with Gasteiger partial charge in [-0.3, -0.25) is 0 Å². The van der Waals surface area contributed by atoms with Crippen molar-refractivity contribution >= 4 is 0 Å². The molecule has 2 atom stereocenters. The van der Waals surface area contributed by atoms with E-state index in [1.807, 2.05) is 6.07 Å². The molecule has 1 saturated heterocycles. The Morgan fingerprint density at radius 2 is 2.24 bits per heavy atom. The number of hydrogen-bond donors (Lipinski definition) is 0. The van der Waals surface area contributed by atoms with Crippen LogP contribution in [0.2, 0.25) is 0 Å². The molecule has 1 fully saturated rings. The quantitative estimate of drug-likeness (QED) is 0.754. The third kappa shape index (κ3) is 3.16. The molecule has 1 aromatic rings. The summed E-state index contributed by atoms with van der Waals surface area (Å²) in [6, 6.07) is 6.78. The third-order valence-electron chi connectivity index (χ3n) is 4.65. The van der Waals surface area contributed by atoms with Gasteiger partial charge >= 0.3 is 0 Å². The zero-order valence-electron chi connectivity index (χ0n) is 13.0. The molecule has 1 aromatic carbocycles. The van der Waals surface area contributed by atoms with Crippen LogP contribution < -0.4 is 9.47 Å². The molecule has 0 aliphatic carbocycles. The van der Waals surface area contributed by atoms with Crippen LogP contribution in [-0.2, 0) is 4.74 Å². The molecule has 116 valence electrons. The number of benzene rings is 1. The Labute approximate surface area is 127 Å². The Kier molecular flexibility index (Phi) is 4.66. The lowest BCUT2D eigenvalue weighted by Gasteiger charge is -2.23. The first kappa shape index (κ1) is 14.7. The van der Waals surface area contributed by atoms with Gasteiger partial charge in [0, 0.05) is 24.6 Å². The highest BCUT2D eigenvalue weighted by Gasteiger charge is 2.32. The van der Waals surface area contributed by atoms with Gasteiger partial charge in [0.15, 0.2) is 0 Å². The van der Waals surface area contributed by atoms with E-state index in [0.717, 1.165) is 24.5 Å². The molecule has 4 heteroatoms. The fourth-order valence-corrected chi connectivity index (χ4v) is 3.48. The van der Waals surface area contributed by atoms with Gasteiger partial charge in [0.25, 0.3) is 0 Å². The molecular weight excluding hydrogens is 266 g/mol. The van der Waals surface area contributed by atoms with Crippen LogP contribution >= 0.6 is 0 Å². The predicted octanol–water partition coefficient (Wildman–Crippen LogP) is 2.67. The first-order valence-corrected chi connectivity index (χ1v) is 7.87. The molecular formula is C17H25NO3. The second kappa shape index (κ2) is 6.67. The highest BCUT2D eigenvalue weighted by molar-refractivity contribution is 5.49. The van der Waals surface area contributed by atoms with E-state index in [9.17, 15) is 0 Å². The topological polar surface area (TPSA) is 30.9 Å². The van der Waals surface area contributed by atoms with E-state index < -0.39 is 0 Å². The lowest BCUT2D eigenvalue weighted by Crippen LogP contribution is -2.27. The maximum Gasteiger partial charge on any atom is 0.126 e. The van der Waals surface area contributed by atoms with E-state index in [1.165, 1.54) is 24.9 Å². The molecule has 0 unspecified atom stereocenters. The molecule has 2 aliphatic heterocycles. The number of nitrogens with zero attached hydrogens (tertiary/aromatic N) is 1. The summed E-state index contributed by atoms with van der Waals surface area (Å²) in [7, 11) is 3.93. The summed E-state index contributed by atoms with van der Waals surface area (Å²) in [4.78, 5) is 2.48. The maximum atomic E-state index is 5.89. The van der Waals surface area contributed by atoms with Crippen LogP contribution in [0.5, 0.6) is 11.5 Å². The van der Waals surface area contributed by atoms with Crippen LogP contribution in [0.15, 0.2) is 18.2 Å². The van der Waals surface area contributed by atoms with E-state index in [-0.39, 0.29) is 0 Å². The van der Waals surface area contributed by atoms with Crippen molar-refractivity contribution in [2.75, 3.05) is 40.5 Å².